The van der Waals surface area contributed by atoms with E-state index in [2.05, 4.69) is 9.97 Å². The van der Waals surface area contributed by atoms with Gasteiger partial charge in [-0.1, -0.05) is 24.3 Å². The molecular weight excluding hydrogens is 340 g/mol. The fourth-order valence-corrected chi connectivity index (χ4v) is 3.78. The minimum atomic E-state index is -1.05. The molecule has 0 aliphatic carbocycles. The van der Waals surface area contributed by atoms with E-state index in [4.69, 9.17) is 5.10 Å². The SMILES string of the molecule is O=C(O)c1cc(-c2nn3c(c2-c2ccccn2)CCC3)c2ccccc2n1. The molecule has 0 spiro atoms. The zero-order valence-corrected chi connectivity index (χ0v) is 14.5. The van der Waals surface area contributed by atoms with Crippen molar-refractivity contribution in [1.29, 1.82) is 0 Å². The first kappa shape index (κ1) is 15.7. The molecule has 4 heterocycles. The number of rotatable bonds is 3. The first-order chi connectivity index (χ1) is 13.2. The topological polar surface area (TPSA) is 80.9 Å². The summed E-state index contributed by atoms with van der Waals surface area (Å²) >= 11 is 0. The van der Waals surface area contributed by atoms with Gasteiger partial charge >= 0.3 is 5.97 Å². The molecule has 0 saturated carbocycles. The molecule has 1 aliphatic heterocycles. The predicted octanol–water partition coefficient (Wildman–Crippen LogP) is 3.80. The Morgan fingerprint density at radius 2 is 1.96 bits per heavy atom. The number of nitrogens with zero attached hydrogens (tertiary/aromatic N) is 4. The predicted molar refractivity (Wildman–Crippen MR) is 101 cm³/mol. The largest absolute Gasteiger partial charge is 0.477 e. The summed E-state index contributed by atoms with van der Waals surface area (Å²) in [5.74, 6) is -1.05. The fourth-order valence-electron chi connectivity index (χ4n) is 3.78. The molecule has 6 nitrogen and oxygen atoms in total. The zero-order chi connectivity index (χ0) is 18.4. The van der Waals surface area contributed by atoms with Gasteiger partial charge in [-0.25, -0.2) is 9.78 Å². The number of aromatic carboxylic acids is 1. The van der Waals surface area contributed by atoms with Crippen molar-refractivity contribution >= 4 is 16.9 Å². The number of para-hydroxylation sites is 1. The first-order valence-electron chi connectivity index (χ1n) is 8.87. The summed E-state index contributed by atoms with van der Waals surface area (Å²) in [5, 5.41) is 15.2. The molecule has 0 radical (unpaired) electrons. The summed E-state index contributed by atoms with van der Waals surface area (Å²) in [6.45, 7) is 0.865. The van der Waals surface area contributed by atoms with Crippen molar-refractivity contribution in [2.45, 2.75) is 19.4 Å². The summed E-state index contributed by atoms with van der Waals surface area (Å²) in [7, 11) is 0. The van der Waals surface area contributed by atoms with Crippen LogP contribution in [0.3, 0.4) is 0 Å². The molecule has 0 bridgehead atoms. The van der Waals surface area contributed by atoms with Gasteiger partial charge in [-0.05, 0) is 37.1 Å². The molecule has 0 fully saturated rings. The molecule has 0 unspecified atom stereocenters. The van der Waals surface area contributed by atoms with Crippen LogP contribution in [0.25, 0.3) is 33.4 Å². The highest BCUT2D eigenvalue weighted by Crippen LogP contribution is 2.39. The van der Waals surface area contributed by atoms with Crippen molar-refractivity contribution in [3.05, 3.63) is 66.1 Å². The summed E-state index contributed by atoms with van der Waals surface area (Å²) in [6.07, 6.45) is 3.76. The number of carboxylic acids is 1. The molecule has 4 aromatic rings. The maximum atomic E-state index is 11.6. The highest BCUT2D eigenvalue weighted by Gasteiger charge is 2.26. The number of hydrogen-bond acceptors (Lipinski definition) is 4. The second kappa shape index (κ2) is 6.02. The van der Waals surface area contributed by atoms with E-state index in [1.54, 1.807) is 12.3 Å². The quantitative estimate of drug-likeness (QED) is 0.604. The second-order valence-corrected chi connectivity index (χ2v) is 6.59. The van der Waals surface area contributed by atoms with Crippen molar-refractivity contribution in [1.82, 2.24) is 19.7 Å². The van der Waals surface area contributed by atoms with E-state index < -0.39 is 5.97 Å². The Morgan fingerprint density at radius 1 is 1.11 bits per heavy atom. The molecule has 3 aromatic heterocycles. The number of fused-ring (bicyclic) bond motifs is 2. The third kappa shape index (κ3) is 2.49. The van der Waals surface area contributed by atoms with E-state index >= 15 is 0 Å². The molecule has 6 heteroatoms. The molecule has 1 aliphatic rings. The number of pyridine rings is 2. The van der Waals surface area contributed by atoms with Crippen LogP contribution in [0.5, 0.6) is 0 Å². The van der Waals surface area contributed by atoms with Crippen LogP contribution in [0.2, 0.25) is 0 Å². The summed E-state index contributed by atoms with van der Waals surface area (Å²) in [6, 6.07) is 15.0. The lowest BCUT2D eigenvalue weighted by Crippen LogP contribution is -2.02. The Hall–Kier alpha value is -3.54. The molecule has 0 atom stereocenters. The zero-order valence-electron chi connectivity index (χ0n) is 14.5. The van der Waals surface area contributed by atoms with Crippen LogP contribution in [0.15, 0.2) is 54.7 Å². The van der Waals surface area contributed by atoms with Crippen molar-refractivity contribution < 1.29 is 9.90 Å². The average molecular weight is 356 g/mol. The van der Waals surface area contributed by atoms with Gasteiger partial charge < -0.3 is 5.11 Å². The minimum Gasteiger partial charge on any atom is -0.477 e. The van der Waals surface area contributed by atoms with E-state index in [1.807, 2.05) is 47.1 Å². The van der Waals surface area contributed by atoms with E-state index in [0.717, 1.165) is 53.0 Å². The standard InChI is InChI=1S/C21H16N4O2/c26-21(27)17-12-14(13-6-1-2-7-15(13)23-17)20-19(16-8-3-4-10-22-16)18-9-5-11-25(18)24-20/h1-4,6-8,10,12H,5,9,11H2,(H,26,27). The number of carboxylic acid groups (broad SMARTS) is 1. The van der Waals surface area contributed by atoms with Gasteiger partial charge in [-0.2, -0.15) is 5.10 Å². The van der Waals surface area contributed by atoms with E-state index in [9.17, 15) is 9.90 Å². The lowest BCUT2D eigenvalue weighted by atomic mass is 9.98. The van der Waals surface area contributed by atoms with Gasteiger partial charge in [0.1, 0.15) is 11.4 Å². The van der Waals surface area contributed by atoms with E-state index in [0.29, 0.717) is 5.52 Å². The summed E-state index contributed by atoms with van der Waals surface area (Å²) in [4.78, 5) is 20.4. The Kier molecular flexibility index (Phi) is 3.50. The number of aromatic nitrogens is 4. The minimum absolute atomic E-state index is 0.0174. The van der Waals surface area contributed by atoms with Crippen LogP contribution in [-0.4, -0.2) is 30.8 Å². The molecule has 1 N–H and O–H groups in total. The number of benzene rings is 1. The van der Waals surface area contributed by atoms with Crippen molar-refractivity contribution in [2.75, 3.05) is 0 Å². The Morgan fingerprint density at radius 3 is 2.78 bits per heavy atom. The van der Waals surface area contributed by atoms with Crippen molar-refractivity contribution in [3.63, 3.8) is 0 Å². The smallest absolute Gasteiger partial charge is 0.354 e. The Labute approximate surface area is 155 Å². The highest BCUT2D eigenvalue weighted by atomic mass is 16.4. The van der Waals surface area contributed by atoms with Crippen LogP contribution in [0.1, 0.15) is 22.6 Å². The lowest BCUT2D eigenvalue weighted by molar-refractivity contribution is 0.0691. The molecule has 5 rings (SSSR count). The Balaban J connectivity index is 1.85. The van der Waals surface area contributed by atoms with Gasteiger partial charge in [0.15, 0.2) is 0 Å². The summed E-state index contributed by atoms with van der Waals surface area (Å²) in [5.41, 5.74) is 5.21. The number of hydrogen-bond donors (Lipinski definition) is 1. The normalized spacial score (nSPS) is 13.0. The third-order valence-corrected chi connectivity index (χ3v) is 4.95. The fraction of sp³-hybridized carbons (Fsp3) is 0.143. The van der Waals surface area contributed by atoms with Crippen LogP contribution in [0, 0.1) is 0 Å². The monoisotopic (exact) mass is 356 g/mol. The van der Waals surface area contributed by atoms with E-state index in [-0.39, 0.29) is 5.69 Å². The van der Waals surface area contributed by atoms with Crippen LogP contribution >= 0.6 is 0 Å². The van der Waals surface area contributed by atoms with Crippen LogP contribution in [0.4, 0.5) is 0 Å². The molecule has 27 heavy (non-hydrogen) atoms. The lowest BCUT2D eigenvalue weighted by Gasteiger charge is -2.09. The van der Waals surface area contributed by atoms with E-state index in [1.165, 1.54) is 0 Å². The molecule has 1 aromatic carbocycles. The van der Waals surface area contributed by atoms with Crippen LogP contribution in [-0.2, 0) is 13.0 Å². The number of aryl methyl sites for hydroxylation is 1. The summed E-state index contributed by atoms with van der Waals surface area (Å²) < 4.78 is 2.02. The van der Waals surface area contributed by atoms with Gasteiger partial charge in [0.2, 0.25) is 0 Å². The van der Waals surface area contributed by atoms with Gasteiger partial charge in [-0.15, -0.1) is 0 Å². The van der Waals surface area contributed by atoms with Crippen molar-refractivity contribution in [3.8, 4) is 22.5 Å². The second-order valence-electron chi connectivity index (χ2n) is 6.59. The molecule has 0 amide bonds. The molecule has 132 valence electrons. The van der Waals surface area contributed by atoms with Gasteiger partial charge in [0.05, 0.1) is 11.2 Å². The average Bonchev–Trinajstić information content (AvgIpc) is 3.28. The van der Waals surface area contributed by atoms with Gasteiger partial charge in [0.25, 0.3) is 0 Å². The first-order valence-corrected chi connectivity index (χ1v) is 8.87. The van der Waals surface area contributed by atoms with Gasteiger partial charge in [0, 0.05) is 34.9 Å². The maximum Gasteiger partial charge on any atom is 0.354 e. The molecule has 0 saturated heterocycles. The Bertz CT molecular complexity index is 1180. The number of carbonyl (C=O) groups is 1. The molecular formula is C21H16N4O2. The van der Waals surface area contributed by atoms with Crippen LogP contribution < -0.4 is 0 Å². The van der Waals surface area contributed by atoms with Gasteiger partial charge in [-0.3, -0.25) is 9.67 Å². The third-order valence-electron chi connectivity index (χ3n) is 4.95. The van der Waals surface area contributed by atoms with Crippen molar-refractivity contribution in [2.24, 2.45) is 0 Å². The maximum absolute atomic E-state index is 11.6. The highest BCUT2D eigenvalue weighted by molar-refractivity contribution is 6.01.